The second kappa shape index (κ2) is 3.79. The van der Waals surface area contributed by atoms with Crippen molar-refractivity contribution in [1.29, 1.82) is 0 Å². The van der Waals surface area contributed by atoms with E-state index in [1.54, 1.807) is 7.05 Å². The number of hydrogen-bond donors (Lipinski definition) is 1. The molecule has 0 unspecified atom stereocenters. The molecule has 1 aliphatic rings. The molecule has 0 saturated carbocycles. The molecule has 0 bridgehead atoms. The summed E-state index contributed by atoms with van der Waals surface area (Å²) in [5.74, 6) is 0.267. The molecule has 2 N–H and O–H groups in total. The minimum Gasteiger partial charge on any atom is -0.323 e. The number of nitrogens with zero attached hydrogens (tertiary/aromatic N) is 3. The third-order valence-electron chi connectivity index (χ3n) is 3.41. The summed E-state index contributed by atoms with van der Waals surface area (Å²) in [6.45, 7) is 4.77. The lowest BCUT2D eigenvalue weighted by molar-refractivity contribution is 0.110. The average Bonchev–Trinajstić information content (AvgIpc) is 2.60. The van der Waals surface area contributed by atoms with E-state index >= 15 is 0 Å². The van der Waals surface area contributed by atoms with E-state index in [1.165, 1.54) is 21.4 Å². The third-order valence-corrected chi connectivity index (χ3v) is 5.15. The Morgan fingerprint density at radius 3 is 2.47 bits per heavy atom. The largest absolute Gasteiger partial charge is 0.323 e. The summed E-state index contributed by atoms with van der Waals surface area (Å²) >= 11 is 0. The van der Waals surface area contributed by atoms with Crippen molar-refractivity contribution in [1.82, 2.24) is 14.1 Å². The van der Waals surface area contributed by atoms with Crippen molar-refractivity contribution in [3.8, 4) is 0 Å². The molecule has 0 aliphatic carbocycles. The van der Waals surface area contributed by atoms with Crippen LogP contribution >= 0.6 is 0 Å². The summed E-state index contributed by atoms with van der Waals surface area (Å²) in [5, 5.41) is 3.87. The second-order valence-corrected chi connectivity index (χ2v) is 6.95. The maximum Gasteiger partial charge on any atom is 0.246 e. The molecule has 2 rings (SSSR count). The topological polar surface area (TPSA) is 81.2 Å². The number of nitrogens with two attached hydrogens (primary N) is 1. The van der Waals surface area contributed by atoms with Gasteiger partial charge in [0.1, 0.15) is 4.90 Å². The molecular formula is C10H18N4O2S. The van der Waals surface area contributed by atoms with Crippen molar-refractivity contribution in [3.05, 3.63) is 12.4 Å². The number of aryl methyl sites for hydroxylation is 1. The highest BCUT2D eigenvalue weighted by Crippen LogP contribution is 2.30. The summed E-state index contributed by atoms with van der Waals surface area (Å²) < 4.78 is 27.2. The van der Waals surface area contributed by atoms with E-state index in [0.29, 0.717) is 13.1 Å². The zero-order chi connectivity index (χ0) is 12.8. The summed E-state index contributed by atoms with van der Waals surface area (Å²) in [6, 6.07) is 0. The van der Waals surface area contributed by atoms with Crippen LogP contribution in [0.1, 0.15) is 13.8 Å². The fourth-order valence-corrected chi connectivity index (χ4v) is 3.41. The number of aromatic nitrogens is 2. The molecule has 1 aliphatic heterocycles. The third kappa shape index (κ3) is 1.98. The van der Waals surface area contributed by atoms with Crippen LogP contribution in [0.25, 0.3) is 0 Å². The quantitative estimate of drug-likeness (QED) is 0.812. The maximum atomic E-state index is 12.2. The van der Waals surface area contributed by atoms with E-state index in [9.17, 15) is 8.42 Å². The Balaban J connectivity index is 2.16. The van der Waals surface area contributed by atoms with Crippen molar-refractivity contribution >= 4 is 10.0 Å². The van der Waals surface area contributed by atoms with E-state index in [4.69, 9.17) is 5.73 Å². The molecule has 1 saturated heterocycles. The van der Waals surface area contributed by atoms with Crippen LogP contribution in [0.3, 0.4) is 0 Å². The normalized spacial score (nSPS) is 20.5. The summed E-state index contributed by atoms with van der Waals surface area (Å²) in [4.78, 5) is 0.228. The van der Waals surface area contributed by atoms with Crippen LogP contribution in [0.15, 0.2) is 17.3 Å². The first-order valence-corrected chi connectivity index (χ1v) is 6.97. The van der Waals surface area contributed by atoms with Crippen LogP contribution in [0.2, 0.25) is 0 Å². The Hall–Kier alpha value is -0.920. The highest BCUT2D eigenvalue weighted by atomic mass is 32.2. The number of rotatable bonds is 3. The number of hydrogen-bond acceptors (Lipinski definition) is 4. The Labute approximate surface area is 101 Å². The number of sulfonamides is 1. The molecule has 0 atom stereocenters. The minimum atomic E-state index is -3.42. The van der Waals surface area contributed by atoms with Gasteiger partial charge in [-0.3, -0.25) is 4.68 Å². The van der Waals surface area contributed by atoms with Gasteiger partial charge in [0.2, 0.25) is 10.0 Å². The zero-order valence-corrected chi connectivity index (χ0v) is 11.1. The van der Waals surface area contributed by atoms with Gasteiger partial charge in [-0.05, 0) is 5.92 Å². The van der Waals surface area contributed by atoms with Crippen molar-refractivity contribution in [2.45, 2.75) is 24.3 Å². The lowest BCUT2D eigenvalue weighted by Crippen LogP contribution is -2.70. The van der Waals surface area contributed by atoms with Gasteiger partial charge in [0, 0.05) is 31.9 Å². The van der Waals surface area contributed by atoms with E-state index < -0.39 is 15.6 Å². The van der Waals surface area contributed by atoms with E-state index in [0.717, 1.165) is 0 Å². The first kappa shape index (κ1) is 12.5. The molecule has 0 aromatic carbocycles. The predicted molar refractivity (Wildman–Crippen MR) is 63.7 cm³/mol. The molecule has 1 aromatic heterocycles. The molecular weight excluding hydrogens is 240 g/mol. The van der Waals surface area contributed by atoms with Gasteiger partial charge in [-0.2, -0.15) is 9.40 Å². The van der Waals surface area contributed by atoms with Crippen molar-refractivity contribution < 1.29 is 8.42 Å². The van der Waals surface area contributed by atoms with Gasteiger partial charge in [-0.1, -0.05) is 13.8 Å². The molecule has 6 nitrogen and oxygen atoms in total. The van der Waals surface area contributed by atoms with Crippen LogP contribution in [-0.4, -0.2) is 41.1 Å². The molecule has 1 fully saturated rings. The summed E-state index contributed by atoms with van der Waals surface area (Å²) in [5.41, 5.74) is 5.70. The van der Waals surface area contributed by atoms with Crippen LogP contribution in [0, 0.1) is 5.92 Å². The lowest BCUT2D eigenvalue weighted by Gasteiger charge is -2.49. The molecule has 0 spiro atoms. The first-order chi connectivity index (χ1) is 7.75. The van der Waals surface area contributed by atoms with Gasteiger partial charge >= 0.3 is 0 Å². The van der Waals surface area contributed by atoms with Gasteiger partial charge in [0.25, 0.3) is 0 Å². The van der Waals surface area contributed by atoms with Gasteiger partial charge in [0.05, 0.1) is 6.20 Å². The van der Waals surface area contributed by atoms with E-state index in [2.05, 4.69) is 5.10 Å². The SMILES string of the molecule is CC(C)C1(N)CN(S(=O)(=O)c2cnn(C)c2)C1. The average molecular weight is 258 g/mol. The molecule has 1 aromatic rings. The van der Waals surface area contributed by atoms with Crippen LogP contribution in [0.5, 0.6) is 0 Å². The van der Waals surface area contributed by atoms with Crippen molar-refractivity contribution in [3.63, 3.8) is 0 Å². The second-order valence-electron chi connectivity index (χ2n) is 5.01. The fraction of sp³-hybridized carbons (Fsp3) is 0.700. The van der Waals surface area contributed by atoms with Gasteiger partial charge in [-0.25, -0.2) is 8.42 Å². The Morgan fingerprint density at radius 2 is 2.06 bits per heavy atom. The Kier molecular flexibility index (Phi) is 2.80. The van der Waals surface area contributed by atoms with Crippen LogP contribution < -0.4 is 5.73 Å². The molecule has 0 radical (unpaired) electrons. The smallest absolute Gasteiger partial charge is 0.246 e. The van der Waals surface area contributed by atoms with Crippen LogP contribution in [0.4, 0.5) is 0 Å². The van der Waals surface area contributed by atoms with Crippen molar-refractivity contribution in [2.24, 2.45) is 18.7 Å². The fourth-order valence-electron chi connectivity index (χ4n) is 1.83. The zero-order valence-electron chi connectivity index (χ0n) is 10.3. The van der Waals surface area contributed by atoms with E-state index in [1.807, 2.05) is 13.8 Å². The Bertz CT molecular complexity index is 514. The summed E-state index contributed by atoms with van der Waals surface area (Å²) in [6.07, 6.45) is 2.86. The minimum absolute atomic E-state index is 0.228. The van der Waals surface area contributed by atoms with E-state index in [-0.39, 0.29) is 10.8 Å². The van der Waals surface area contributed by atoms with Gasteiger partial charge in [-0.15, -0.1) is 0 Å². The highest BCUT2D eigenvalue weighted by Gasteiger charge is 2.47. The summed E-state index contributed by atoms with van der Waals surface area (Å²) in [7, 11) is -1.73. The monoisotopic (exact) mass is 258 g/mol. The van der Waals surface area contributed by atoms with Crippen LogP contribution in [-0.2, 0) is 17.1 Å². The molecule has 17 heavy (non-hydrogen) atoms. The van der Waals surface area contributed by atoms with Crippen molar-refractivity contribution in [2.75, 3.05) is 13.1 Å². The Morgan fingerprint density at radius 1 is 1.47 bits per heavy atom. The molecule has 0 amide bonds. The van der Waals surface area contributed by atoms with Gasteiger partial charge < -0.3 is 5.73 Å². The maximum absolute atomic E-state index is 12.2. The first-order valence-electron chi connectivity index (χ1n) is 5.53. The molecule has 2 heterocycles. The molecule has 96 valence electrons. The predicted octanol–water partition coefficient (Wildman–Crippen LogP) is -0.222. The lowest BCUT2D eigenvalue weighted by atomic mass is 9.82. The molecule has 7 heteroatoms. The standard InChI is InChI=1S/C10H18N4O2S/c1-8(2)10(11)6-14(7-10)17(15,16)9-4-12-13(3)5-9/h4-5,8H,6-7,11H2,1-3H3. The van der Waals surface area contributed by atoms with Gasteiger partial charge in [0.15, 0.2) is 0 Å². The highest BCUT2D eigenvalue weighted by molar-refractivity contribution is 7.89.